The number of hydrogen-bond acceptors (Lipinski definition) is 4. The van der Waals surface area contributed by atoms with Crippen LogP contribution < -0.4 is 9.47 Å². The van der Waals surface area contributed by atoms with Crippen LogP contribution in [-0.2, 0) is 6.61 Å². The van der Waals surface area contributed by atoms with Crippen LogP contribution in [0.15, 0.2) is 18.3 Å². The number of aliphatic hydroxyl groups is 1. The Morgan fingerprint density at radius 2 is 2.12 bits per heavy atom. The maximum atomic E-state index is 8.98. The lowest BCUT2D eigenvalue weighted by Gasteiger charge is -2.05. The van der Waals surface area contributed by atoms with Crippen molar-refractivity contribution in [3.63, 3.8) is 0 Å². The minimum Gasteiger partial charge on any atom is -0.454 e. The number of aromatic amines is 1. The topological polar surface area (TPSA) is 67.4 Å². The van der Waals surface area contributed by atoms with Gasteiger partial charge in [0.15, 0.2) is 11.5 Å². The third kappa shape index (κ3) is 1.64. The molecule has 0 fully saturated rings. The molecule has 2 N–H and O–H groups in total. The second-order valence-electron chi connectivity index (χ2n) is 3.92. The number of benzene rings is 1. The van der Waals surface area contributed by atoms with Gasteiger partial charge in [-0.2, -0.15) is 0 Å². The Bertz CT molecular complexity index is 563. The van der Waals surface area contributed by atoms with Gasteiger partial charge in [-0.1, -0.05) is 0 Å². The summed E-state index contributed by atoms with van der Waals surface area (Å²) in [5.41, 5.74) is 2.94. The van der Waals surface area contributed by atoms with Crippen molar-refractivity contribution in [1.82, 2.24) is 9.97 Å². The number of nitrogens with zero attached hydrogens (tertiary/aromatic N) is 1. The van der Waals surface area contributed by atoms with E-state index in [1.54, 1.807) is 6.20 Å². The van der Waals surface area contributed by atoms with E-state index in [2.05, 4.69) is 9.97 Å². The molecule has 3 rings (SSSR count). The number of ether oxygens (including phenoxy) is 2. The largest absolute Gasteiger partial charge is 0.454 e. The molecule has 0 bridgehead atoms. The number of aryl methyl sites for hydroxylation is 1. The van der Waals surface area contributed by atoms with E-state index < -0.39 is 0 Å². The van der Waals surface area contributed by atoms with Crippen molar-refractivity contribution in [2.75, 3.05) is 6.79 Å². The molecule has 2 aromatic rings. The number of imidazole rings is 1. The molecule has 1 aliphatic rings. The van der Waals surface area contributed by atoms with Gasteiger partial charge >= 0.3 is 0 Å². The molecule has 0 atom stereocenters. The SMILES string of the molecule is Cc1cc2c(cc1-c1cnc(CO)[nH]1)OCO2. The van der Waals surface area contributed by atoms with Crippen molar-refractivity contribution >= 4 is 0 Å². The van der Waals surface area contributed by atoms with Gasteiger partial charge < -0.3 is 19.6 Å². The van der Waals surface area contributed by atoms with Crippen LogP contribution >= 0.6 is 0 Å². The maximum absolute atomic E-state index is 8.98. The van der Waals surface area contributed by atoms with Crippen molar-refractivity contribution in [2.24, 2.45) is 0 Å². The minimum absolute atomic E-state index is 0.0937. The number of aliphatic hydroxyl groups excluding tert-OH is 1. The van der Waals surface area contributed by atoms with Gasteiger partial charge in [0.25, 0.3) is 0 Å². The van der Waals surface area contributed by atoms with E-state index in [1.807, 2.05) is 19.1 Å². The van der Waals surface area contributed by atoms with Gasteiger partial charge in [-0.25, -0.2) is 4.98 Å². The maximum Gasteiger partial charge on any atom is 0.231 e. The van der Waals surface area contributed by atoms with Crippen LogP contribution in [0.2, 0.25) is 0 Å². The summed E-state index contributed by atoms with van der Waals surface area (Å²) in [4.78, 5) is 7.12. The highest BCUT2D eigenvalue weighted by Gasteiger charge is 2.17. The first-order valence-electron chi connectivity index (χ1n) is 5.33. The van der Waals surface area contributed by atoms with Crippen molar-refractivity contribution < 1.29 is 14.6 Å². The summed E-state index contributed by atoms with van der Waals surface area (Å²) in [5.74, 6) is 2.07. The third-order valence-electron chi connectivity index (χ3n) is 2.79. The monoisotopic (exact) mass is 232 g/mol. The van der Waals surface area contributed by atoms with Gasteiger partial charge in [0.1, 0.15) is 12.4 Å². The molecule has 5 nitrogen and oxygen atoms in total. The molecule has 0 saturated heterocycles. The van der Waals surface area contributed by atoms with E-state index in [0.29, 0.717) is 5.82 Å². The average molecular weight is 232 g/mol. The standard InChI is InChI=1S/C12H12N2O3/c1-7-2-10-11(17-6-16-10)3-8(7)9-4-13-12(5-15)14-9/h2-4,15H,5-6H2,1H3,(H,13,14). The van der Waals surface area contributed by atoms with Crippen molar-refractivity contribution in [3.8, 4) is 22.8 Å². The van der Waals surface area contributed by atoms with E-state index in [4.69, 9.17) is 14.6 Å². The predicted molar refractivity (Wildman–Crippen MR) is 60.8 cm³/mol. The summed E-state index contributed by atoms with van der Waals surface area (Å²) in [7, 11) is 0. The highest BCUT2D eigenvalue weighted by atomic mass is 16.7. The normalized spacial score (nSPS) is 13.1. The van der Waals surface area contributed by atoms with Crippen LogP contribution in [0.3, 0.4) is 0 Å². The molecule has 5 heteroatoms. The lowest BCUT2D eigenvalue weighted by atomic mass is 10.1. The van der Waals surface area contributed by atoms with Gasteiger partial charge in [0, 0.05) is 5.56 Å². The first-order valence-corrected chi connectivity index (χ1v) is 5.33. The van der Waals surface area contributed by atoms with E-state index in [1.165, 1.54) is 0 Å². The molecule has 0 saturated carbocycles. The first kappa shape index (κ1) is 10.2. The summed E-state index contributed by atoms with van der Waals surface area (Å²) in [5, 5.41) is 8.98. The van der Waals surface area contributed by atoms with Gasteiger partial charge in [-0.3, -0.25) is 0 Å². The fourth-order valence-electron chi connectivity index (χ4n) is 1.91. The molecule has 2 heterocycles. The zero-order chi connectivity index (χ0) is 11.8. The predicted octanol–water partition coefficient (Wildman–Crippen LogP) is 1.61. The Balaban J connectivity index is 2.08. The third-order valence-corrected chi connectivity index (χ3v) is 2.79. The Hall–Kier alpha value is -2.01. The Labute approximate surface area is 98.0 Å². The lowest BCUT2D eigenvalue weighted by Crippen LogP contribution is -1.92. The molecular formula is C12H12N2O3. The fourth-order valence-corrected chi connectivity index (χ4v) is 1.91. The van der Waals surface area contributed by atoms with Crippen LogP contribution in [0.5, 0.6) is 11.5 Å². The quantitative estimate of drug-likeness (QED) is 0.825. The van der Waals surface area contributed by atoms with Gasteiger partial charge in [0.05, 0.1) is 11.9 Å². The average Bonchev–Trinajstić information content (AvgIpc) is 2.94. The van der Waals surface area contributed by atoms with Crippen LogP contribution in [0.25, 0.3) is 11.3 Å². The summed E-state index contributed by atoms with van der Waals surface area (Å²) >= 11 is 0. The highest BCUT2D eigenvalue weighted by Crippen LogP contribution is 2.37. The smallest absolute Gasteiger partial charge is 0.231 e. The van der Waals surface area contributed by atoms with Crippen LogP contribution in [-0.4, -0.2) is 21.9 Å². The zero-order valence-electron chi connectivity index (χ0n) is 9.36. The zero-order valence-corrected chi connectivity index (χ0v) is 9.36. The van der Waals surface area contributed by atoms with E-state index >= 15 is 0 Å². The molecule has 0 aliphatic carbocycles. The molecule has 0 radical (unpaired) electrons. The highest BCUT2D eigenvalue weighted by molar-refractivity contribution is 5.68. The first-order chi connectivity index (χ1) is 8.28. The molecule has 1 aliphatic heterocycles. The molecule has 0 unspecified atom stereocenters. The number of rotatable bonds is 2. The van der Waals surface area contributed by atoms with Crippen molar-refractivity contribution in [2.45, 2.75) is 13.5 Å². The molecule has 17 heavy (non-hydrogen) atoms. The van der Waals surface area contributed by atoms with Crippen LogP contribution in [0.1, 0.15) is 11.4 Å². The number of fused-ring (bicyclic) bond motifs is 1. The van der Waals surface area contributed by atoms with Crippen LogP contribution in [0, 0.1) is 6.92 Å². The second-order valence-corrected chi connectivity index (χ2v) is 3.92. The van der Waals surface area contributed by atoms with E-state index in [0.717, 1.165) is 28.3 Å². The lowest BCUT2D eigenvalue weighted by molar-refractivity contribution is 0.174. The summed E-state index contributed by atoms with van der Waals surface area (Å²) in [6.07, 6.45) is 1.70. The summed E-state index contributed by atoms with van der Waals surface area (Å²) in [6, 6.07) is 3.86. The molecule has 0 spiro atoms. The van der Waals surface area contributed by atoms with Crippen LogP contribution in [0.4, 0.5) is 0 Å². The molecule has 88 valence electrons. The van der Waals surface area contributed by atoms with Crippen molar-refractivity contribution in [1.29, 1.82) is 0 Å². The number of aromatic nitrogens is 2. The minimum atomic E-state index is -0.0937. The number of nitrogens with one attached hydrogen (secondary N) is 1. The second kappa shape index (κ2) is 3.78. The summed E-state index contributed by atoms with van der Waals surface area (Å²) in [6.45, 7) is 2.17. The van der Waals surface area contributed by atoms with Gasteiger partial charge in [-0.05, 0) is 24.6 Å². The van der Waals surface area contributed by atoms with E-state index in [9.17, 15) is 0 Å². The van der Waals surface area contributed by atoms with E-state index in [-0.39, 0.29) is 13.4 Å². The van der Waals surface area contributed by atoms with Gasteiger partial charge in [0.2, 0.25) is 6.79 Å². The molecule has 0 amide bonds. The Kier molecular flexibility index (Phi) is 2.26. The number of hydrogen-bond donors (Lipinski definition) is 2. The molecule has 1 aromatic heterocycles. The fraction of sp³-hybridized carbons (Fsp3) is 0.250. The van der Waals surface area contributed by atoms with Crippen molar-refractivity contribution in [3.05, 3.63) is 29.7 Å². The number of H-pyrrole nitrogens is 1. The van der Waals surface area contributed by atoms with Gasteiger partial charge in [-0.15, -0.1) is 0 Å². The Morgan fingerprint density at radius 3 is 2.82 bits per heavy atom. The molecule has 1 aromatic carbocycles. The summed E-state index contributed by atoms with van der Waals surface area (Å²) < 4.78 is 10.7. The Morgan fingerprint density at radius 1 is 1.35 bits per heavy atom. The molecular weight excluding hydrogens is 220 g/mol.